The zero-order valence-corrected chi connectivity index (χ0v) is 12.5. The average Bonchev–Trinajstić information content (AvgIpc) is 2.47. The highest BCUT2D eigenvalue weighted by atomic mass is 15.2. The predicted octanol–water partition coefficient (Wildman–Crippen LogP) is 2.67. The van der Waals surface area contributed by atoms with Crippen molar-refractivity contribution in [2.45, 2.75) is 26.3 Å². The first-order valence-corrected chi connectivity index (χ1v) is 6.76. The summed E-state index contributed by atoms with van der Waals surface area (Å²) < 4.78 is 0. The molecule has 0 radical (unpaired) electrons. The molecule has 0 unspecified atom stereocenters. The molecular weight excluding hydrogens is 250 g/mol. The highest BCUT2D eigenvalue weighted by molar-refractivity contribution is 5.59. The van der Waals surface area contributed by atoms with E-state index in [1.54, 1.807) is 12.5 Å². The van der Waals surface area contributed by atoms with Crippen LogP contribution in [0.25, 0.3) is 0 Å². The quantitative estimate of drug-likeness (QED) is 0.906. The molecule has 1 N–H and O–H groups in total. The van der Waals surface area contributed by atoms with Gasteiger partial charge in [-0.25, -0.2) is 9.97 Å². The molecule has 0 aliphatic carbocycles. The van der Waals surface area contributed by atoms with Gasteiger partial charge in [0, 0.05) is 38.6 Å². The predicted molar refractivity (Wildman–Crippen MR) is 82.0 cm³/mol. The maximum Gasteiger partial charge on any atom is 0.137 e. The Labute approximate surface area is 120 Å². The zero-order valence-electron chi connectivity index (χ0n) is 12.5. The fourth-order valence-corrected chi connectivity index (χ4v) is 2.26. The van der Waals surface area contributed by atoms with Crippen molar-refractivity contribution in [3.05, 3.63) is 42.0 Å². The second-order valence-corrected chi connectivity index (χ2v) is 5.08. The molecule has 20 heavy (non-hydrogen) atoms. The Morgan fingerprint density at radius 1 is 1.30 bits per heavy atom. The van der Waals surface area contributed by atoms with Crippen molar-refractivity contribution in [2.24, 2.45) is 0 Å². The molecule has 0 atom stereocenters. The van der Waals surface area contributed by atoms with Crippen molar-refractivity contribution >= 4 is 11.6 Å². The Morgan fingerprint density at radius 2 is 2.10 bits per heavy atom. The minimum atomic E-state index is 0.352. The van der Waals surface area contributed by atoms with E-state index in [0.717, 1.165) is 29.3 Å². The van der Waals surface area contributed by atoms with Gasteiger partial charge in [-0.05, 0) is 17.5 Å². The second-order valence-electron chi connectivity index (χ2n) is 5.08. The van der Waals surface area contributed by atoms with Crippen LogP contribution in [-0.4, -0.2) is 29.0 Å². The molecule has 0 aliphatic heterocycles. The molecule has 0 bridgehead atoms. The highest BCUT2D eigenvalue weighted by Crippen LogP contribution is 2.30. The van der Waals surface area contributed by atoms with Crippen molar-refractivity contribution in [1.29, 1.82) is 0 Å². The van der Waals surface area contributed by atoms with Crippen molar-refractivity contribution in [1.82, 2.24) is 15.0 Å². The lowest BCUT2D eigenvalue weighted by molar-refractivity contribution is 0.809. The molecule has 0 aromatic carbocycles. The zero-order chi connectivity index (χ0) is 14.5. The summed E-state index contributed by atoms with van der Waals surface area (Å²) in [5.41, 5.74) is 2.30. The van der Waals surface area contributed by atoms with E-state index in [9.17, 15) is 0 Å². The van der Waals surface area contributed by atoms with Gasteiger partial charge >= 0.3 is 0 Å². The molecule has 0 fully saturated rings. The van der Waals surface area contributed by atoms with Crippen LogP contribution in [-0.2, 0) is 6.54 Å². The maximum atomic E-state index is 4.46. The Morgan fingerprint density at radius 3 is 2.70 bits per heavy atom. The van der Waals surface area contributed by atoms with Gasteiger partial charge in [0.2, 0.25) is 0 Å². The van der Waals surface area contributed by atoms with Crippen LogP contribution in [0.2, 0.25) is 0 Å². The fraction of sp³-hybridized carbons (Fsp3) is 0.400. The lowest BCUT2D eigenvalue weighted by Gasteiger charge is -2.24. The van der Waals surface area contributed by atoms with E-state index < -0.39 is 0 Å². The fourth-order valence-electron chi connectivity index (χ4n) is 2.26. The third-order valence-electron chi connectivity index (χ3n) is 3.18. The highest BCUT2D eigenvalue weighted by Gasteiger charge is 2.17. The Kier molecular flexibility index (Phi) is 4.50. The lowest BCUT2D eigenvalue weighted by atomic mass is 10.0. The van der Waals surface area contributed by atoms with Gasteiger partial charge in [-0.3, -0.25) is 4.98 Å². The molecule has 0 aliphatic rings. The van der Waals surface area contributed by atoms with Gasteiger partial charge in [0.15, 0.2) is 0 Å². The molecule has 2 aromatic heterocycles. The molecule has 106 valence electrons. The monoisotopic (exact) mass is 271 g/mol. The van der Waals surface area contributed by atoms with Gasteiger partial charge in [0.05, 0.1) is 0 Å². The maximum absolute atomic E-state index is 4.46. The van der Waals surface area contributed by atoms with Gasteiger partial charge in [0.1, 0.15) is 18.0 Å². The largest absolute Gasteiger partial charge is 0.373 e. The van der Waals surface area contributed by atoms with Crippen LogP contribution in [0.5, 0.6) is 0 Å². The molecule has 2 aromatic rings. The molecule has 2 heterocycles. The van der Waals surface area contributed by atoms with E-state index in [4.69, 9.17) is 0 Å². The van der Waals surface area contributed by atoms with E-state index in [1.165, 1.54) is 0 Å². The number of rotatable bonds is 5. The van der Waals surface area contributed by atoms with Gasteiger partial charge in [-0.15, -0.1) is 0 Å². The topological polar surface area (TPSA) is 53.9 Å². The lowest BCUT2D eigenvalue weighted by Crippen LogP contribution is -2.21. The summed E-state index contributed by atoms with van der Waals surface area (Å²) in [7, 11) is 3.93. The van der Waals surface area contributed by atoms with Gasteiger partial charge in [-0.2, -0.15) is 0 Å². The Balaban J connectivity index is 2.32. The number of hydrogen-bond donors (Lipinski definition) is 1. The number of anilines is 2. The summed E-state index contributed by atoms with van der Waals surface area (Å²) in [4.78, 5) is 15.1. The minimum absolute atomic E-state index is 0.352. The molecule has 0 saturated heterocycles. The third-order valence-corrected chi connectivity index (χ3v) is 3.18. The van der Waals surface area contributed by atoms with Crippen LogP contribution in [0.15, 0.2) is 30.9 Å². The summed E-state index contributed by atoms with van der Waals surface area (Å²) in [6, 6.07) is 4.02. The van der Waals surface area contributed by atoms with Crippen LogP contribution in [0.1, 0.15) is 30.9 Å². The first-order valence-electron chi connectivity index (χ1n) is 6.76. The molecular formula is C15H21N5. The normalized spacial score (nSPS) is 10.7. The van der Waals surface area contributed by atoms with Crippen LogP contribution < -0.4 is 10.2 Å². The molecule has 2 rings (SSSR count). The van der Waals surface area contributed by atoms with Gasteiger partial charge < -0.3 is 10.2 Å². The van der Waals surface area contributed by atoms with E-state index in [2.05, 4.69) is 45.1 Å². The number of aromatic nitrogens is 3. The van der Waals surface area contributed by atoms with Gasteiger partial charge in [-0.1, -0.05) is 19.9 Å². The number of nitrogens with one attached hydrogen (secondary N) is 1. The van der Waals surface area contributed by atoms with Crippen molar-refractivity contribution in [3.63, 3.8) is 0 Å². The van der Waals surface area contributed by atoms with Gasteiger partial charge in [0.25, 0.3) is 0 Å². The molecule has 5 heteroatoms. The van der Waals surface area contributed by atoms with Crippen molar-refractivity contribution in [2.75, 3.05) is 24.3 Å². The summed E-state index contributed by atoms with van der Waals surface area (Å²) in [6.45, 7) is 5.08. The number of pyridine rings is 1. The first kappa shape index (κ1) is 14.2. The van der Waals surface area contributed by atoms with E-state index in [1.807, 2.05) is 26.4 Å². The Hall–Kier alpha value is -2.17. The van der Waals surface area contributed by atoms with E-state index in [0.29, 0.717) is 5.92 Å². The third kappa shape index (κ3) is 3.04. The first-order chi connectivity index (χ1) is 9.63. The van der Waals surface area contributed by atoms with Crippen molar-refractivity contribution < 1.29 is 0 Å². The minimum Gasteiger partial charge on any atom is -0.373 e. The summed E-state index contributed by atoms with van der Waals surface area (Å²) >= 11 is 0. The van der Waals surface area contributed by atoms with E-state index in [-0.39, 0.29) is 0 Å². The SMILES string of the molecule is CNc1ncnc(N(C)Cc2cccnc2)c1C(C)C. The molecule has 5 nitrogen and oxygen atoms in total. The summed E-state index contributed by atoms with van der Waals surface area (Å²) in [5.74, 6) is 2.20. The van der Waals surface area contributed by atoms with Crippen LogP contribution >= 0.6 is 0 Å². The second kappa shape index (κ2) is 6.32. The molecule has 0 saturated carbocycles. The number of hydrogen-bond acceptors (Lipinski definition) is 5. The smallest absolute Gasteiger partial charge is 0.137 e. The standard InChI is InChI=1S/C15H21N5/c1-11(2)13-14(16-3)18-10-19-15(13)20(4)9-12-6-5-7-17-8-12/h5-8,10-11H,9H2,1-4H3,(H,16,18,19). The summed E-state index contributed by atoms with van der Waals surface area (Å²) in [6.07, 6.45) is 5.27. The van der Waals surface area contributed by atoms with Crippen molar-refractivity contribution in [3.8, 4) is 0 Å². The molecule has 0 amide bonds. The van der Waals surface area contributed by atoms with E-state index >= 15 is 0 Å². The Bertz CT molecular complexity index is 553. The summed E-state index contributed by atoms with van der Waals surface area (Å²) in [5, 5.41) is 3.15. The number of nitrogens with zero attached hydrogens (tertiary/aromatic N) is 4. The van der Waals surface area contributed by atoms with Crippen LogP contribution in [0.4, 0.5) is 11.6 Å². The van der Waals surface area contributed by atoms with Crippen LogP contribution in [0.3, 0.4) is 0 Å². The molecule has 0 spiro atoms. The average molecular weight is 271 g/mol. The van der Waals surface area contributed by atoms with Crippen LogP contribution in [0, 0.1) is 0 Å².